The summed E-state index contributed by atoms with van der Waals surface area (Å²) < 4.78 is 0. The molecule has 0 aromatic heterocycles. The maximum atomic E-state index is 5.64. The van der Waals surface area contributed by atoms with Crippen molar-refractivity contribution in [2.24, 2.45) is 5.92 Å². The maximum absolute atomic E-state index is 5.64. The van der Waals surface area contributed by atoms with E-state index >= 15 is 0 Å². The topological polar surface area (TPSA) is 15.3 Å². The van der Waals surface area contributed by atoms with Crippen LogP contribution in [-0.2, 0) is 0 Å². The summed E-state index contributed by atoms with van der Waals surface area (Å²) in [5.74, 6) is 3.67. The van der Waals surface area contributed by atoms with Gasteiger partial charge in [0, 0.05) is 19.1 Å². The van der Waals surface area contributed by atoms with Gasteiger partial charge in [0.05, 0.1) is 6.04 Å². The predicted octanol–water partition coefficient (Wildman–Crippen LogP) is 2.50. The van der Waals surface area contributed by atoms with Gasteiger partial charge in [-0.3, -0.25) is 4.90 Å². The molecule has 2 nitrogen and oxygen atoms in total. The summed E-state index contributed by atoms with van der Waals surface area (Å²) in [7, 11) is 0. The van der Waals surface area contributed by atoms with E-state index in [1.54, 1.807) is 0 Å². The molecule has 1 rings (SSSR count). The molecule has 1 N–H and O–H groups in total. The molecule has 0 bridgehead atoms. The van der Waals surface area contributed by atoms with Crippen molar-refractivity contribution in [1.29, 1.82) is 0 Å². The molecule has 3 atom stereocenters. The lowest BCUT2D eigenvalue weighted by Crippen LogP contribution is -2.51. The van der Waals surface area contributed by atoms with Crippen molar-refractivity contribution in [3.8, 4) is 12.3 Å². The van der Waals surface area contributed by atoms with Gasteiger partial charge in [0.25, 0.3) is 0 Å². The summed E-state index contributed by atoms with van der Waals surface area (Å²) >= 11 is 0. The molecule has 0 aromatic rings. The van der Waals surface area contributed by atoms with Crippen LogP contribution in [-0.4, -0.2) is 36.6 Å². The zero-order valence-corrected chi connectivity index (χ0v) is 11.7. The van der Waals surface area contributed by atoms with Crippen LogP contribution in [0.5, 0.6) is 0 Å². The quantitative estimate of drug-likeness (QED) is 0.713. The molecule has 0 amide bonds. The molecule has 1 heterocycles. The summed E-state index contributed by atoms with van der Waals surface area (Å²) in [5.41, 5.74) is 0. The van der Waals surface area contributed by atoms with Crippen molar-refractivity contribution in [2.75, 3.05) is 19.6 Å². The Bertz CT molecular complexity index is 244. The van der Waals surface area contributed by atoms with Crippen LogP contribution >= 0.6 is 0 Å². The van der Waals surface area contributed by atoms with Crippen LogP contribution in [0.1, 0.15) is 46.5 Å². The number of nitrogens with one attached hydrogen (secondary N) is 1. The highest BCUT2D eigenvalue weighted by molar-refractivity contribution is 5.01. The molecule has 0 radical (unpaired) electrons. The van der Waals surface area contributed by atoms with Crippen molar-refractivity contribution >= 4 is 0 Å². The predicted molar refractivity (Wildman–Crippen MR) is 75.0 cm³/mol. The van der Waals surface area contributed by atoms with Gasteiger partial charge in [-0.05, 0) is 31.7 Å². The normalized spacial score (nSPS) is 27.6. The highest BCUT2D eigenvalue weighted by Gasteiger charge is 2.28. The fourth-order valence-electron chi connectivity index (χ4n) is 2.74. The number of hydrogen-bond acceptors (Lipinski definition) is 2. The Labute approximate surface area is 107 Å². The first-order valence-electron chi connectivity index (χ1n) is 7.16. The molecule has 98 valence electrons. The third-order valence-electron chi connectivity index (χ3n) is 3.79. The zero-order valence-electron chi connectivity index (χ0n) is 11.7. The molecular weight excluding hydrogens is 208 g/mol. The summed E-state index contributed by atoms with van der Waals surface area (Å²) in [5, 5.41) is 3.65. The van der Waals surface area contributed by atoms with E-state index in [-0.39, 0.29) is 0 Å². The van der Waals surface area contributed by atoms with Gasteiger partial charge >= 0.3 is 0 Å². The smallest absolute Gasteiger partial charge is 0.0711 e. The van der Waals surface area contributed by atoms with Gasteiger partial charge < -0.3 is 5.32 Å². The molecule has 17 heavy (non-hydrogen) atoms. The van der Waals surface area contributed by atoms with Crippen LogP contribution < -0.4 is 5.32 Å². The lowest BCUT2D eigenvalue weighted by Gasteiger charge is -2.40. The average molecular weight is 236 g/mol. The minimum atomic E-state index is 0.356. The minimum Gasteiger partial charge on any atom is -0.314 e. The molecule has 0 spiro atoms. The van der Waals surface area contributed by atoms with E-state index in [1.165, 1.54) is 19.3 Å². The lowest BCUT2D eigenvalue weighted by atomic mass is 9.92. The number of rotatable bonds is 6. The van der Waals surface area contributed by atoms with E-state index in [0.717, 1.165) is 26.1 Å². The summed E-state index contributed by atoms with van der Waals surface area (Å²) in [6.45, 7) is 10.2. The van der Waals surface area contributed by atoms with Gasteiger partial charge in [-0.2, -0.15) is 0 Å². The third-order valence-corrected chi connectivity index (χ3v) is 3.79. The molecular formula is C15H28N2. The highest BCUT2D eigenvalue weighted by Crippen LogP contribution is 2.20. The molecule has 1 fully saturated rings. The van der Waals surface area contributed by atoms with E-state index in [9.17, 15) is 0 Å². The van der Waals surface area contributed by atoms with Gasteiger partial charge in [0.15, 0.2) is 0 Å². The Hall–Kier alpha value is -0.520. The van der Waals surface area contributed by atoms with Crippen molar-refractivity contribution in [3.63, 3.8) is 0 Å². The number of hydrogen-bond donors (Lipinski definition) is 1. The van der Waals surface area contributed by atoms with Crippen LogP contribution in [0.2, 0.25) is 0 Å². The maximum Gasteiger partial charge on any atom is 0.0711 e. The van der Waals surface area contributed by atoms with Crippen molar-refractivity contribution in [2.45, 2.75) is 58.5 Å². The average Bonchev–Trinajstić information content (AvgIpc) is 2.34. The summed E-state index contributed by atoms with van der Waals surface area (Å²) in [6, 6.07) is 1.04. The van der Waals surface area contributed by atoms with E-state index in [4.69, 9.17) is 6.42 Å². The second kappa shape index (κ2) is 7.74. The number of likely N-dealkylation sites (tertiary alicyclic amines) is 1. The van der Waals surface area contributed by atoms with Crippen molar-refractivity contribution in [3.05, 3.63) is 0 Å². The van der Waals surface area contributed by atoms with E-state index < -0.39 is 0 Å². The summed E-state index contributed by atoms with van der Waals surface area (Å²) in [4.78, 5) is 2.50. The second-order valence-corrected chi connectivity index (χ2v) is 5.29. The van der Waals surface area contributed by atoms with Crippen LogP contribution in [0.4, 0.5) is 0 Å². The minimum absolute atomic E-state index is 0.356. The van der Waals surface area contributed by atoms with E-state index in [1.807, 2.05) is 0 Å². The molecule has 0 saturated carbocycles. The fraction of sp³-hybridized carbons (Fsp3) is 0.867. The first-order valence-corrected chi connectivity index (χ1v) is 7.16. The van der Waals surface area contributed by atoms with Gasteiger partial charge in [0.2, 0.25) is 0 Å². The van der Waals surface area contributed by atoms with Crippen molar-refractivity contribution < 1.29 is 0 Å². The van der Waals surface area contributed by atoms with Crippen molar-refractivity contribution in [1.82, 2.24) is 10.2 Å². The first-order chi connectivity index (χ1) is 8.22. The lowest BCUT2D eigenvalue weighted by molar-refractivity contribution is 0.122. The summed E-state index contributed by atoms with van der Waals surface area (Å²) in [6.07, 6.45) is 10.4. The Kier molecular flexibility index (Phi) is 6.62. The molecule has 0 aromatic carbocycles. The molecule has 3 unspecified atom stereocenters. The van der Waals surface area contributed by atoms with E-state index in [2.05, 4.69) is 36.9 Å². The third kappa shape index (κ3) is 4.33. The Morgan fingerprint density at radius 3 is 2.71 bits per heavy atom. The molecule has 0 aliphatic carbocycles. The van der Waals surface area contributed by atoms with Crippen LogP contribution in [0.15, 0.2) is 0 Å². The molecule has 1 saturated heterocycles. The van der Waals surface area contributed by atoms with Gasteiger partial charge in [-0.15, -0.1) is 6.42 Å². The Balaban J connectivity index is 2.42. The van der Waals surface area contributed by atoms with Crippen LogP contribution in [0.3, 0.4) is 0 Å². The van der Waals surface area contributed by atoms with Gasteiger partial charge in [-0.1, -0.05) is 33.1 Å². The molecule has 1 aliphatic heterocycles. The Morgan fingerprint density at radius 1 is 1.41 bits per heavy atom. The molecule has 2 heteroatoms. The Morgan fingerprint density at radius 2 is 2.18 bits per heavy atom. The largest absolute Gasteiger partial charge is 0.314 e. The molecule has 1 aliphatic rings. The standard InChI is InChI=1S/C15H28N2/c1-5-8-14(7-3)17-11-9-15(13(4)12-17)16-10-6-2/h3,13-16H,5-6,8-12H2,1-2,4H3. The number of piperidine rings is 1. The fourth-order valence-corrected chi connectivity index (χ4v) is 2.74. The second-order valence-electron chi connectivity index (χ2n) is 5.29. The van der Waals surface area contributed by atoms with Gasteiger partial charge in [-0.25, -0.2) is 0 Å². The monoisotopic (exact) mass is 236 g/mol. The number of terminal acetylenes is 1. The van der Waals surface area contributed by atoms with Crippen LogP contribution in [0, 0.1) is 18.3 Å². The van der Waals surface area contributed by atoms with E-state index in [0.29, 0.717) is 18.0 Å². The first kappa shape index (κ1) is 14.5. The van der Waals surface area contributed by atoms with Crippen LogP contribution in [0.25, 0.3) is 0 Å². The SMILES string of the molecule is C#CC(CCC)N1CCC(NCCC)C(C)C1. The zero-order chi connectivity index (χ0) is 12.7. The highest BCUT2D eigenvalue weighted by atomic mass is 15.2. The number of nitrogens with zero attached hydrogens (tertiary/aromatic N) is 1. The van der Waals surface area contributed by atoms with Gasteiger partial charge in [0.1, 0.15) is 0 Å².